The fraction of sp³-hybridized carbons (Fsp3) is 0.545. The van der Waals surface area contributed by atoms with E-state index in [4.69, 9.17) is 10.2 Å². The molecule has 2 N–H and O–H groups in total. The summed E-state index contributed by atoms with van der Waals surface area (Å²) in [6, 6.07) is 3.67. The highest BCUT2D eigenvalue weighted by molar-refractivity contribution is 5.78. The summed E-state index contributed by atoms with van der Waals surface area (Å²) >= 11 is 0. The molecule has 0 aliphatic rings. The molecule has 0 spiro atoms. The van der Waals surface area contributed by atoms with Crippen molar-refractivity contribution in [3.8, 4) is 0 Å². The Kier molecular flexibility index (Phi) is 4.37. The van der Waals surface area contributed by atoms with Crippen LogP contribution in [0, 0.1) is 5.92 Å². The lowest BCUT2D eigenvalue weighted by molar-refractivity contribution is -0.134. The van der Waals surface area contributed by atoms with Crippen molar-refractivity contribution in [3.63, 3.8) is 0 Å². The molecule has 1 rings (SSSR count). The normalized spacial score (nSPS) is 12.5. The molecule has 0 aromatic carbocycles. The van der Waals surface area contributed by atoms with Crippen LogP contribution in [0.25, 0.3) is 0 Å². The van der Waals surface area contributed by atoms with Gasteiger partial charge in [0, 0.05) is 13.0 Å². The summed E-state index contributed by atoms with van der Waals surface area (Å²) in [6.45, 7) is 2.95. The number of nitrogens with two attached hydrogens (primary N) is 1. The standard InChI is InChI=1S/C11H18N2O2/c1-9(5-6-12)11(14)13(2)8-10-4-3-7-15-10/h3-4,7,9H,5-6,8,12H2,1-2H3. The minimum absolute atomic E-state index is 0.0186. The van der Waals surface area contributed by atoms with Crippen LogP contribution >= 0.6 is 0 Å². The first-order valence-electron chi connectivity index (χ1n) is 5.12. The third kappa shape index (κ3) is 3.40. The van der Waals surface area contributed by atoms with Crippen LogP contribution < -0.4 is 5.73 Å². The molecule has 0 bridgehead atoms. The van der Waals surface area contributed by atoms with E-state index < -0.39 is 0 Å². The van der Waals surface area contributed by atoms with E-state index in [0.29, 0.717) is 13.1 Å². The van der Waals surface area contributed by atoms with Gasteiger partial charge in [-0.1, -0.05) is 6.92 Å². The molecule has 1 unspecified atom stereocenters. The van der Waals surface area contributed by atoms with Gasteiger partial charge in [-0.3, -0.25) is 4.79 Å². The molecule has 4 nitrogen and oxygen atoms in total. The summed E-state index contributed by atoms with van der Waals surface area (Å²) in [4.78, 5) is 13.5. The Hall–Kier alpha value is -1.29. The lowest BCUT2D eigenvalue weighted by Crippen LogP contribution is -2.32. The topological polar surface area (TPSA) is 59.5 Å². The molecule has 1 aromatic rings. The van der Waals surface area contributed by atoms with Crippen molar-refractivity contribution >= 4 is 5.91 Å². The summed E-state index contributed by atoms with van der Waals surface area (Å²) < 4.78 is 5.18. The number of carbonyl (C=O) groups is 1. The lowest BCUT2D eigenvalue weighted by Gasteiger charge is -2.19. The van der Waals surface area contributed by atoms with Crippen LogP contribution in [0.3, 0.4) is 0 Å². The first-order chi connectivity index (χ1) is 7.15. The average Bonchev–Trinajstić information content (AvgIpc) is 2.69. The second-order valence-corrected chi connectivity index (χ2v) is 3.75. The molecule has 84 valence electrons. The van der Waals surface area contributed by atoms with E-state index in [-0.39, 0.29) is 11.8 Å². The van der Waals surface area contributed by atoms with Crippen molar-refractivity contribution < 1.29 is 9.21 Å². The minimum atomic E-state index is -0.0186. The molecule has 0 saturated carbocycles. The number of nitrogens with zero attached hydrogens (tertiary/aromatic N) is 1. The van der Waals surface area contributed by atoms with Crippen LogP contribution in [-0.2, 0) is 11.3 Å². The predicted octanol–water partition coefficient (Wildman–Crippen LogP) is 1.22. The quantitative estimate of drug-likeness (QED) is 0.795. The van der Waals surface area contributed by atoms with Gasteiger partial charge in [0.2, 0.25) is 5.91 Å². The molecule has 0 radical (unpaired) electrons. The first-order valence-corrected chi connectivity index (χ1v) is 5.12. The average molecular weight is 210 g/mol. The van der Waals surface area contributed by atoms with E-state index in [1.165, 1.54) is 0 Å². The van der Waals surface area contributed by atoms with E-state index in [1.54, 1.807) is 18.2 Å². The highest BCUT2D eigenvalue weighted by Crippen LogP contribution is 2.09. The Labute approximate surface area is 90.0 Å². The Morgan fingerprint density at radius 2 is 2.40 bits per heavy atom. The van der Waals surface area contributed by atoms with Crippen molar-refractivity contribution in [2.45, 2.75) is 19.9 Å². The zero-order chi connectivity index (χ0) is 11.3. The summed E-state index contributed by atoms with van der Waals surface area (Å²) in [5.41, 5.74) is 5.41. The summed E-state index contributed by atoms with van der Waals surface area (Å²) in [5, 5.41) is 0. The molecule has 1 aromatic heterocycles. The number of carbonyl (C=O) groups excluding carboxylic acids is 1. The smallest absolute Gasteiger partial charge is 0.225 e. The minimum Gasteiger partial charge on any atom is -0.467 e. The maximum atomic E-state index is 11.8. The fourth-order valence-electron chi connectivity index (χ4n) is 1.46. The van der Waals surface area contributed by atoms with Crippen molar-refractivity contribution in [1.82, 2.24) is 4.90 Å². The van der Waals surface area contributed by atoms with Gasteiger partial charge in [-0.25, -0.2) is 0 Å². The number of furan rings is 1. The second kappa shape index (κ2) is 5.56. The molecule has 1 heterocycles. The summed E-state index contributed by atoms with van der Waals surface area (Å²) in [7, 11) is 1.78. The zero-order valence-electron chi connectivity index (χ0n) is 9.27. The van der Waals surface area contributed by atoms with Crippen LogP contribution in [0.4, 0.5) is 0 Å². The van der Waals surface area contributed by atoms with Crippen LogP contribution in [0.15, 0.2) is 22.8 Å². The van der Waals surface area contributed by atoms with Gasteiger partial charge >= 0.3 is 0 Å². The number of hydrogen-bond acceptors (Lipinski definition) is 3. The lowest BCUT2D eigenvalue weighted by atomic mass is 10.1. The molecule has 1 amide bonds. The van der Waals surface area contributed by atoms with Gasteiger partial charge in [-0.2, -0.15) is 0 Å². The number of rotatable bonds is 5. The largest absolute Gasteiger partial charge is 0.467 e. The van der Waals surface area contributed by atoms with Gasteiger partial charge in [-0.05, 0) is 25.1 Å². The van der Waals surface area contributed by atoms with E-state index >= 15 is 0 Å². The molecular formula is C11H18N2O2. The summed E-state index contributed by atoms with van der Waals surface area (Å²) in [5.74, 6) is 0.887. The van der Waals surface area contributed by atoms with E-state index in [2.05, 4.69) is 0 Å². The SMILES string of the molecule is CC(CCN)C(=O)N(C)Cc1ccco1. The zero-order valence-corrected chi connectivity index (χ0v) is 9.27. The molecule has 0 fully saturated rings. The van der Waals surface area contributed by atoms with Crippen LogP contribution in [0.5, 0.6) is 0 Å². The molecule has 4 heteroatoms. The predicted molar refractivity (Wildman–Crippen MR) is 58.0 cm³/mol. The highest BCUT2D eigenvalue weighted by Gasteiger charge is 2.17. The molecule has 1 atom stereocenters. The van der Waals surface area contributed by atoms with Crippen molar-refractivity contribution in [3.05, 3.63) is 24.2 Å². The molecule has 0 aliphatic carbocycles. The van der Waals surface area contributed by atoms with Crippen molar-refractivity contribution in [2.24, 2.45) is 11.7 Å². The Morgan fingerprint density at radius 3 is 2.93 bits per heavy atom. The molecule has 0 aliphatic heterocycles. The van der Waals surface area contributed by atoms with Crippen LogP contribution in [0.1, 0.15) is 19.1 Å². The van der Waals surface area contributed by atoms with Gasteiger partial charge in [0.15, 0.2) is 0 Å². The number of amides is 1. The number of hydrogen-bond donors (Lipinski definition) is 1. The monoisotopic (exact) mass is 210 g/mol. The van der Waals surface area contributed by atoms with Gasteiger partial charge in [0.25, 0.3) is 0 Å². The van der Waals surface area contributed by atoms with Crippen molar-refractivity contribution in [1.29, 1.82) is 0 Å². The van der Waals surface area contributed by atoms with Gasteiger partial charge in [0.1, 0.15) is 5.76 Å². The fourth-order valence-corrected chi connectivity index (χ4v) is 1.46. The van der Waals surface area contributed by atoms with E-state index in [9.17, 15) is 4.79 Å². The van der Waals surface area contributed by atoms with Gasteiger partial charge < -0.3 is 15.1 Å². The van der Waals surface area contributed by atoms with Gasteiger partial charge in [-0.15, -0.1) is 0 Å². The summed E-state index contributed by atoms with van der Waals surface area (Å²) in [6.07, 6.45) is 2.33. The third-order valence-corrected chi connectivity index (χ3v) is 2.37. The Bertz CT molecular complexity index is 296. The highest BCUT2D eigenvalue weighted by atomic mass is 16.3. The Balaban J connectivity index is 2.46. The molecule has 15 heavy (non-hydrogen) atoms. The molecule has 0 saturated heterocycles. The van der Waals surface area contributed by atoms with Crippen LogP contribution in [-0.4, -0.2) is 24.4 Å². The second-order valence-electron chi connectivity index (χ2n) is 3.75. The van der Waals surface area contributed by atoms with Gasteiger partial charge in [0.05, 0.1) is 12.8 Å². The maximum Gasteiger partial charge on any atom is 0.225 e. The first kappa shape index (κ1) is 11.8. The van der Waals surface area contributed by atoms with Crippen LogP contribution in [0.2, 0.25) is 0 Å². The van der Waals surface area contributed by atoms with E-state index in [0.717, 1.165) is 12.2 Å². The Morgan fingerprint density at radius 1 is 1.67 bits per heavy atom. The van der Waals surface area contributed by atoms with Crippen molar-refractivity contribution in [2.75, 3.05) is 13.6 Å². The maximum absolute atomic E-state index is 11.8. The molecular weight excluding hydrogens is 192 g/mol. The van der Waals surface area contributed by atoms with E-state index in [1.807, 2.05) is 19.1 Å². The third-order valence-electron chi connectivity index (χ3n) is 2.37.